The minimum Gasteiger partial charge on any atom is -0.247 e. The molecule has 0 fully saturated rings. The molecule has 0 spiro atoms. The number of unbranched alkanes of at least 4 members (excludes halogenated alkanes) is 1. The first-order valence-corrected chi connectivity index (χ1v) is 3.50. The van der Waals surface area contributed by atoms with Gasteiger partial charge in [0.15, 0.2) is 0 Å². The van der Waals surface area contributed by atoms with Gasteiger partial charge in [-0.05, 0) is 6.42 Å². The standard InChI is InChI=1S/C6H8N4O2/c7-3-1-2-4-10-5(11)8-9-6(10)12/h1-2,4H2,(H,8,11)(H,9,12). The first-order chi connectivity index (χ1) is 5.75. The largest absolute Gasteiger partial charge is 0.344 e. The minimum atomic E-state index is -0.460. The quantitative estimate of drug-likeness (QED) is 0.576. The topological polar surface area (TPSA) is 94.4 Å². The number of hydrogen-bond donors (Lipinski definition) is 2. The summed E-state index contributed by atoms with van der Waals surface area (Å²) in [6, 6.07) is 1.93. The summed E-state index contributed by atoms with van der Waals surface area (Å²) in [5.74, 6) is 0. The normalized spacial score (nSPS) is 9.58. The van der Waals surface area contributed by atoms with Gasteiger partial charge in [-0.15, -0.1) is 0 Å². The van der Waals surface area contributed by atoms with Crippen molar-refractivity contribution in [1.29, 1.82) is 5.26 Å². The molecule has 0 unspecified atom stereocenters. The zero-order valence-electron chi connectivity index (χ0n) is 6.33. The highest BCUT2D eigenvalue weighted by molar-refractivity contribution is 4.71. The van der Waals surface area contributed by atoms with E-state index in [2.05, 4.69) is 10.2 Å². The lowest BCUT2D eigenvalue weighted by Crippen LogP contribution is -2.26. The second kappa shape index (κ2) is 3.57. The van der Waals surface area contributed by atoms with Gasteiger partial charge in [0.05, 0.1) is 6.07 Å². The molecule has 0 amide bonds. The molecule has 1 aromatic heterocycles. The van der Waals surface area contributed by atoms with Crippen LogP contribution in [0.15, 0.2) is 9.59 Å². The molecule has 12 heavy (non-hydrogen) atoms. The van der Waals surface area contributed by atoms with Crippen molar-refractivity contribution in [3.63, 3.8) is 0 Å². The summed E-state index contributed by atoms with van der Waals surface area (Å²) in [5, 5.41) is 12.5. The van der Waals surface area contributed by atoms with E-state index in [9.17, 15) is 9.59 Å². The Kier molecular flexibility index (Phi) is 2.48. The molecule has 0 saturated carbocycles. The van der Waals surface area contributed by atoms with Gasteiger partial charge >= 0.3 is 11.4 Å². The van der Waals surface area contributed by atoms with Crippen LogP contribution in [0.25, 0.3) is 0 Å². The van der Waals surface area contributed by atoms with Crippen LogP contribution in [0.5, 0.6) is 0 Å². The first-order valence-electron chi connectivity index (χ1n) is 3.50. The molecule has 0 atom stereocenters. The molecule has 0 bridgehead atoms. The number of hydrogen-bond acceptors (Lipinski definition) is 3. The fourth-order valence-corrected chi connectivity index (χ4v) is 0.853. The number of H-pyrrole nitrogens is 2. The number of aromatic amines is 2. The second-order valence-electron chi connectivity index (χ2n) is 2.27. The lowest BCUT2D eigenvalue weighted by atomic mass is 10.3. The van der Waals surface area contributed by atoms with Gasteiger partial charge in [0, 0.05) is 13.0 Å². The maximum Gasteiger partial charge on any atom is 0.344 e. The van der Waals surface area contributed by atoms with E-state index in [1.165, 1.54) is 0 Å². The van der Waals surface area contributed by atoms with E-state index in [0.717, 1.165) is 4.57 Å². The summed E-state index contributed by atoms with van der Waals surface area (Å²) in [4.78, 5) is 21.7. The van der Waals surface area contributed by atoms with Gasteiger partial charge in [0.25, 0.3) is 0 Å². The van der Waals surface area contributed by atoms with Gasteiger partial charge in [-0.3, -0.25) is 0 Å². The van der Waals surface area contributed by atoms with E-state index >= 15 is 0 Å². The van der Waals surface area contributed by atoms with Gasteiger partial charge in [0.1, 0.15) is 0 Å². The van der Waals surface area contributed by atoms with Gasteiger partial charge in [-0.25, -0.2) is 24.4 Å². The molecule has 1 aromatic rings. The summed E-state index contributed by atoms with van der Waals surface area (Å²) in [6.45, 7) is 0.283. The Labute approximate surface area is 67.4 Å². The first kappa shape index (κ1) is 8.33. The molecule has 0 aliphatic carbocycles. The molecule has 64 valence electrons. The zero-order valence-corrected chi connectivity index (χ0v) is 6.33. The zero-order chi connectivity index (χ0) is 8.97. The molecule has 0 aliphatic heterocycles. The number of rotatable bonds is 3. The van der Waals surface area contributed by atoms with Crippen molar-refractivity contribution in [2.45, 2.75) is 19.4 Å². The Bertz CT molecular complexity index is 363. The van der Waals surface area contributed by atoms with E-state index in [1.807, 2.05) is 6.07 Å². The predicted molar refractivity (Wildman–Crippen MR) is 40.5 cm³/mol. The summed E-state index contributed by atoms with van der Waals surface area (Å²) < 4.78 is 1.03. The van der Waals surface area contributed by atoms with Crippen molar-refractivity contribution in [1.82, 2.24) is 14.8 Å². The van der Waals surface area contributed by atoms with Crippen LogP contribution in [0, 0.1) is 11.3 Å². The molecule has 6 nitrogen and oxygen atoms in total. The SMILES string of the molecule is N#CCCCn1c(=O)[nH][nH]c1=O. The van der Waals surface area contributed by atoms with Crippen LogP contribution < -0.4 is 11.4 Å². The highest BCUT2D eigenvalue weighted by atomic mass is 16.2. The van der Waals surface area contributed by atoms with E-state index in [4.69, 9.17) is 5.26 Å². The molecule has 0 aromatic carbocycles. The monoisotopic (exact) mass is 168 g/mol. The Morgan fingerprint density at radius 1 is 1.33 bits per heavy atom. The summed E-state index contributed by atoms with van der Waals surface area (Å²) in [7, 11) is 0. The van der Waals surface area contributed by atoms with Crippen LogP contribution in [0.2, 0.25) is 0 Å². The van der Waals surface area contributed by atoms with Crippen molar-refractivity contribution in [2.24, 2.45) is 0 Å². The molecular weight excluding hydrogens is 160 g/mol. The molecule has 6 heteroatoms. The van der Waals surface area contributed by atoms with Crippen LogP contribution in [0.4, 0.5) is 0 Å². The molecule has 0 aliphatic rings. The third-order valence-electron chi connectivity index (χ3n) is 1.44. The Morgan fingerprint density at radius 2 is 1.92 bits per heavy atom. The van der Waals surface area contributed by atoms with Crippen LogP contribution in [-0.2, 0) is 6.54 Å². The lowest BCUT2D eigenvalue weighted by Gasteiger charge is -1.92. The molecule has 0 radical (unpaired) electrons. The lowest BCUT2D eigenvalue weighted by molar-refractivity contribution is 0.616. The summed E-state index contributed by atoms with van der Waals surface area (Å²) >= 11 is 0. The van der Waals surface area contributed by atoms with E-state index in [0.29, 0.717) is 12.8 Å². The number of nitrogens with zero attached hydrogens (tertiary/aromatic N) is 2. The number of nitrogens with one attached hydrogen (secondary N) is 2. The molecule has 2 N–H and O–H groups in total. The summed E-state index contributed by atoms with van der Waals surface area (Å²) in [5.41, 5.74) is -0.920. The van der Waals surface area contributed by atoms with Crippen molar-refractivity contribution >= 4 is 0 Å². The van der Waals surface area contributed by atoms with Gasteiger partial charge in [0.2, 0.25) is 0 Å². The highest BCUT2D eigenvalue weighted by Crippen LogP contribution is 1.86. The van der Waals surface area contributed by atoms with Crippen molar-refractivity contribution in [2.75, 3.05) is 0 Å². The van der Waals surface area contributed by atoms with Crippen molar-refractivity contribution < 1.29 is 0 Å². The van der Waals surface area contributed by atoms with Gasteiger partial charge in [-0.2, -0.15) is 5.26 Å². The smallest absolute Gasteiger partial charge is 0.247 e. The van der Waals surface area contributed by atoms with Gasteiger partial charge < -0.3 is 0 Å². The van der Waals surface area contributed by atoms with Crippen molar-refractivity contribution in [3.05, 3.63) is 21.0 Å². The molecule has 0 saturated heterocycles. The maximum absolute atomic E-state index is 10.8. The highest BCUT2D eigenvalue weighted by Gasteiger charge is 2.00. The Morgan fingerprint density at radius 3 is 2.42 bits per heavy atom. The molecular formula is C6H8N4O2. The second-order valence-corrected chi connectivity index (χ2v) is 2.27. The van der Waals surface area contributed by atoms with E-state index in [-0.39, 0.29) is 6.54 Å². The van der Waals surface area contributed by atoms with Crippen LogP contribution in [0.1, 0.15) is 12.8 Å². The average Bonchev–Trinajstić information content (AvgIpc) is 2.35. The third-order valence-corrected chi connectivity index (χ3v) is 1.44. The fourth-order valence-electron chi connectivity index (χ4n) is 0.853. The fraction of sp³-hybridized carbons (Fsp3) is 0.500. The Balaban J connectivity index is 2.70. The number of aromatic nitrogens is 3. The molecule has 1 heterocycles. The maximum atomic E-state index is 10.8. The van der Waals surface area contributed by atoms with Crippen LogP contribution in [0.3, 0.4) is 0 Å². The van der Waals surface area contributed by atoms with Crippen LogP contribution >= 0.6 is 0 Å². The van der Waals surface area contributed by atoms with Crippen molar-refractivity contribution in [3.8, 4) is 6.07 Å². The van der Waals surface area contributed by atoms with Gasteiger partial charge in [-0.1, -0.05) is 0 Å². The van der Waals surface area contributed by atoms with E-state index < -0.39 is 11.4 Å². The minimum absolute atomic E-state index is 0.283. The summed E-state index contributed by atoms with van der Waals surface area (Å²) in [6.07, 6.45) is 0.856. The molecule has 1 rings (SSSR count). The Hall–Kier alpha value is -1.77. The van der Waals surface area contributed by atoms with Crippen LogP contribution in [-0.4, -0.2) is 14.8 Å². The third kappa shape index (κ3) is 1.63. The van der Waals surface area contributed by atoms with E-state index in [1.54, 1.807) is 0 Å². The predicted octanol–water partition coefficient (Wildman–Crippen LogP) is -0.832. The number of nitriles is 1. The average molecular weight is 168 g/mol.